The largest absolute Gasteiger partial charge is 0.383 e. The van der Waals surface area contributed by atoms with E-state index in [0.29, 0.717) is 18.9 Å². The molecule has 0 saturated heterocycles. The molecule has 2 aromatic carbocycles. The minimum absolute atomic E-state index is 0.181. The van der Waals surface area contributed by atoms with Crippen molar-refractivity contribution in [2.75, 3.05) is 13.1 Å². The lowest BCUT2D eigenvalue weighted by molar-refractivity contribution is 0.0467. The number of benzene rings is 2. The molecule has 2 rings (SSSR count). The standard InChI is InChI=1S/C20H25N3O/c1-16(2)14-22-19(21)23-15-20(24,18-11-7-4-8-12-18)13-17-9-5-3-6-10-17/h3-12,24H,1,13-15H2,2H3,(H3,21,22,23). The van der Waals surface area contributed by atoms with Crippen LogP contribution in [0, 0.1) is 0 Å². The van der Waals surface area contributed by atoms with E-state index < -0.39 is 5.60 Å². The molecule has 24 heavy (non-hydrogen) atoms. The first kappa shape index (κ1) is 17.8. The van der Waals surface area contributed by atoms with Crippen molar-refractivity contribution in [2.24, 2.45) is 10.7 Å². The Bertz CT molecular complexity index is 683. The van der Waals surface area contributed by atoms with Crippen molar-refractivity contribution in [2.45, 2.75) is 18.9 Å². The number of nitrogens with two attached hydrogens (primary N) is 1. The maximum Gasteiger partial charge on any atom is 0.188 e. The quantitative estimate of drug-likeness (QED) is 0.417. The lowest BCUT2D eigenvalue weighted by Gasteiger charge is -2.27. The first-order chi connectivity index (χ1) is 11.5. The van der Waals surface area contributed by atoms with E-state index in [9.17, 15) is 5.11 Å². The van der Waals surface area contributed by atoms with E-state index in [1.807, 2.05) is 67.6 Å². The molecule has 126 valence electrons. The molecule has 1 unspecified atom stereocenters. The highest BCUT2D eigenvalue weighted by molar-refractivity contribution is 5.78. The maximum absolute atomic E-state index is 11.3. The van der Waals surface area contributed by atoms with Gasteiger partial charge < -0.3 is 16.2 Å². The molecule has 0 aliphatic rings. The SMILES string of the molecule is C=C(C)CNC(N)=NCC(O)(Cc1ccccc1)c1ccccc1. The van der Waals surface area contributed by atoms with Crippen LogP contribution in [0.5, 0.6) is 0 Å². The third-order valence-electron chi connectivity index (χ3n) is 3.73. The second-order valence-electron chi connectivity index (χ2n) is 6.07. The van der Waals surface area contributed by atoms with Gasteiger partial charge in [-0.15, -0.1) is 0 Å². The number of guanidine groups is 1. The molecule has 4 nitrogen and oxygen atoms in total. The predicted molar refractivity (Wildman–Crippen MR) is 99.8 cm³/mol. The summed E-state index contributed by atoms with van der Waals surface area (Å²) in [6.07, 6.45) is 0.467. The highest BCUT2D eigenvalue weighted by atomic mass is 16.3. The van der Waals surface area contributed by atoms with Gasteiger partial charge in [-0.05, 0) is 18.1 Å². The van der Waals surface area contributed by atoms with Crippen LogP contribution in [0.4, 0.5) is 0 Å². The van der Waals surface area contributed by atoms with Crippen molar-refractivity contribution in [3.05, 3.63) is 83.9 Å². The summed E-state index contributed by atoms with van der Waals surface area (Å²) >= 11 is 0. The number of rotatable bonds is 7. The maximum atomic E-state index is 11.3. The van der Waals surface area contributed by atoms with Gasteiger partial charge in [0.05, 0.1) is 6.54 Å². The second-order valence-corrected chi connectivity index (χ2v) is 6.07. The first-order valence-corrected chi connectivity index (χ1v) is 7.99. The van der Waals surface area contributed by atoms with E-state index in [-0.39, 0.29) is 6.54 Å². The normalized spacial score (nSPS) is 14.0. The van der Waals surface area contributed by atoms with Crippen LogP contribution in [0.15, 0.2) is 77.8 Å². The Morgan fingerprint density at radius 2 is 1.71 bits per heavy atom. The molecule has 0 spiro atoms. The average molecular weight is 323 g/mol. The van der Waals surface area contributed by atoms with Gasteiger partial charge in [-0.2, -0.15) is 0 Å². The van der Waals surface area contributed by atoms with Crippen molar-refractivity contribution < 1.29 is 5.11 Å². The van der Waals surface area contributed by atoms with Gasteiger partial charge in [0.1, 0.15) is 5.60 Å². The van der Waals surface area contributed by atoms with Crippen LogP contribution in [0.25, 0.3) is 0 Å². The van der Waals surface area contributed by atoms with Crippen LogP contribution in [0.1, 0.15) is 18.1 Å². The molecular weight excluding hydrogens is 298 g/mol. The molecule has 2 aromatic rings. The van der Waals surface area contributed by atoms with Gasteiger partial charge in [-0.3, -0.25) is 4.99 Å². The Labute approximate surface area is 143 Å². The number of nitrogens with zero attached hydrogens (tertiary/aromatic N) is 1. The van der Waals surface area contributed by atoms with Crippen molar-refractivity contribution in [3.8, 4) is 0 Å². The summed E-state index contributed by atoms with van der Waals surface area (Å²) in [5.74, 6) is 0.306. The van der Waals surface area contributed by atoms with Crippen LogP contribution >= 0.6 is 0 Å². The van der Waals surface area contributed by atoms with E-state index in [2.05, 4.69) is 16.9 Å². The fraction of sp³-hybridized carbons (Fsp3) is 0.250. The number of hydrogen-bond acceptors (Lipinski definition) is 2. The Hall–Kier alpha value is -2.59. The zero-order valence-corrected chi connectivity index (χ0v) is 14.1. The predicted octanol–water partition coefficient (Wildman–Crippen LogP) is 2.60. The third-order valence-corrected chi connectivity index (χ3v) is 3.73. The molecule has 0 bridgehead atoms. The van der Waals surface area contributed by atoms with E-state index >= 15 is 0 Å². The number of aliphatic imine (C=N–C) groups is 1. The second kappa shape index (κ2) is 8.31. The zero-order valence-electron chi connectivity index (χ0n) is 14.1. The number of aliphatic hydroxyl groups is 1. The topological polar surface area (TPSA) is 70.6 Å². The summed E-state index contributed by atoms with van der Waals surface area (Å²) in [6.45, 7) is 6.48. The molecule has 0 heterocycles. The molecule has 0 fully saturated rings. The molecule has 0 aromatic heterocycles. The summed E-state index contributed by atoms with van der Waals surface area (Å²) < 4.78 is 0. The summed E-state index contributed by atoms with van der Waals surface area (Å²) in [5.41, 5.74) is 7.62. The van der Waals surface area contributed by atoms with E-state index in [1.54, 1.807) is 0 Å². The third kappa shape index (κ3) is 5.25. The smallest absolute Gasteiger partial charge is 0.188 e. The fourth-order valence-corrected chi connectivity index (χ4v) is 2.44. The Morgan fingerprint density at radius 1 is 1.12 bits per heavy atom. The molecule has 4 N–H and O–H groups in total. The summed E-state index contributed by atoms with van der Waals surface area (Å²) in [6, 6.07) is 19.5. The Balaban J connectivity index is 2.20. The highest BCUT2D eigenvalue weighted by Crippen LogP contribution is 2.26. The van der Waals surface area contributed by atoms with Gasteiger partial charge >= 0.3 is 0 Å². The minimum Gasteiger partial charge on any atom is -0.383 e. The summed E-state index contributed by atoms with van der Waals surface area (Å²) in [4.78, 5) is 4.33. The molecule has 0 saturated carbocycles. The zero-order chi connectivity index (χ0) is 17.4. The van der Waals surface area contributed by atoms with Crippen molar-refractivity contribution in [1.29, 1.82) is 0 Å². The van der Waals surface area contributed by atoms with Crippen LogP contribution in [-0.2, 0) is 12.0 Å². The lowest BCUT2D eigenvalue weighted by atomic mass is 9.87. The fourth-order valence-electron chi connectivity index (χ4n) is 2.44. The summed E-state index contributed by atoms with van der Waals surface area (Å²) in [7, 11) is 0. The highest BCUT2D eigenvalue weighted by Gasteiger charge is 2.29. The van der Waals surface area contributed by atoms with Crippen LogP contribution in [-0.4, -0.2) is 24.2 Å². The van der Waals surface area contributed by atoms with Gasteiger partial charge in [0.2, 0.25) is 0 Å². The van der Waals surface area contributed by atoms with Crippen LogP contribution in [0.3, 0.4) is 0 Å². The average Bonchev–Trinajstić information content (AvgIpc) is 2.60. The number of nitrogens with one attached hydrogen (secondary N) is 1. The molecule has 0 amide bonds. The van der Waals surface area contributed by atoms with Gasteiger partial charge in [-0.1, -0.05) is 72.8 Å². The van der Waals surface area contributed by atoms with Crippen molar-refractivity contribution >= 4 is 5.96 Å². The van der Waals surface area contributed by atoms with Crippen LogP contribution < -0.4 is 11.1 Å². The first-order valence-electron chi connectivity index (χ1n) is 7.99. The van der Waals surface area contributed by atoms with E-state index in [1.165, 1.54) is 0 Å². The molecule has 0 radical (unpaired) electrons. The van der Waals surface area contributed by atoms with E-state index in [4.69, 9.17) is 5.73 Å². The van der Waals surface area contributed by atoms with Crippen LogP contribution in [0.2, 0.25) is 0 Å². The summed E-state index contributed by atoms with van der Waals surface area (Å²) in [5, 5.41) is 14.2. The number of hydrogen-bond donors (Lipinski definition) is 3. The minimum atomic E-state index is -1.11. The van der Waals surface area contributed by atoms with Gasteiger partial charge in [-0.25, -0.2) is 0 Å². The molecule has 1 atom stereocenters. The Kier molecular flexibility index (Phi) is 6.15. The molecule has 4 heteroatoms. The van der Waals surface area contributed by atoms with Gasteiger partial charge in [0.25, 0.3) is 0 Å². The molecule has 0 aliphatic carbocycles. The molecule has 0 aliphatic heterocycles. The van der Waals surface area contributed by atoms with Gasteiger partial charge in [0.15, 0.2) is 5.96 Å². The van der Waals surface area contributed by atoms with Crippen molar-refractivity contribution in [3.63, 3.8) is 0 Å². The van der Waals surface area contributed by atoms with Gasteiger partial charge in [0, 0.05) is 13.0 Å². The molecular formula is C20H25N3O. The van der Waals surface area contributed by atoms with E-state index in [0.717, 1.165) is 16.7 Å². The Morgan fingerprint density at radius 3 is 2.29 bits per heavy atom. The van der Waals surface area contributed by atoms with Crippen molar-refractivity contribution in [1.82, 2.24) is 5.32 Å². The monoisotopic (exact) mass is 323 g/mol. The lowest BCUT2D eigenvalue weighted by Crippen LogP contribution is -2.37.